The molecule has 7 nitrogen and oxygen atoms in total. The largest absolute Gasteiger partial charge is 0.324 e. The number of thioether (sulfide) groups is 1. The zero-order chi connectivity index (χ0) is 20.4. The minimum absolute atomic E-state index is 0.125. The summed E-state index contributed by atoms with van der Waals surface area (Å²) in [7, 11) is 0. The van der Waals surface area contributed by atoms with E-state index in [0.717, 1.165) is 21.8 Å². The molecule has 8 heteroatoms. The Labute approximate surface area is 171 Å². The van der Waals surface area contributed by atoms with Crippen LogP contribution in [0.2, 0.25) is 0 Å². The standard InChI is InChI=1S/C21H19N5O2S/c1-14-7-9-15(10-8-14)26-11-16-20(24-26)22-13-25(21(16)28)12-19(27)23-17-5-3-4-6-18(17)29-2/h3-11,13H,12H2,1-2H3,(H,23,27). The normalized spacial score (nSPS) is 11.0. The van der Waals surface area contributed by atoms with Crippen molar-refractivity contribution in [1.29, 1.82) is 0 Å². The zero-order valence-electron chi connectivity index (χ0n) is 16.0. The van der Waals surface area contributed by atoms with Crippen molar-refractivity contribution in [2.75, 3.05) is 11.6 Å². The number of carbonyl (C=O) groups excluding carboxylic acids is 1. The summed E-state index contributed by atoms with van der Waals surface area (Å²) >= 11 is 1.54. The molecule has 0 fully saturated rings. The van der Waals surface area contributed by atoms with Crippen LogP contribution in [0.5, 0.6) is 0 Å². The predicted molar refractivity (Wildman–Crippen MR) is 115 cm³/mol. The number of fused-ring (bicyclic) bond motifs is 1. The highest BCUT2D eigenvalue weighted by Gasteiger charge is 2.13. The Morgan fingerprint density at radius 2 is 1.90 bits per heavy atom. The van der Waals surface area contributed by atoms with Gasteiger partial charge in [-0.05, 0) is 37.4 Å². The summed E-state index contributed by atoms with van der Waals surface area (Å²) in [6, 6.07) is 15.3. The number of carbonyl (C=O) groups is 1. The van der Waals surface area contributed by atoms with E-state index in [0.29, 0.717) is 11.0 Å². The number of aryl methyl sites for hydroxylation is 1. The summed E-state index contributed by atoms with van der Waals surface area (Å²) in [5.74, 6) is -0.291. The van der Waals surface area contributed by atoms with Crippen LogP contribution >= 0.6 is 11.8 Å². The van der Waals surface area contributed by atoms with Gasteiger partial charge in [0.25, 0.3) is 5.56 Å². The quantitative estimate of drug-likeness (QED) is 0.516. The maximum Gasteiger partial charge on any atom is 0.264 e. The Balaban J connectivity index is 1.59. The third-order valence-corrected chi connectivity index (χ3v) is 5.29. The molecule has 2 aromatic heterocycles. The number of anilines is 1. The summed E-state index contributed by atoms with van der Waals surface area (Å²) < 4.78 is 2.91. The molecular weight excluding hydrogens is 386 g/mol. The minimum atomic E-state index is -0.304. The predicted octanol–water partition coefficient (Wildman–Crippen LogP) is 3.25. The highest BCUT2D eigenvalue weighted by Crippen LogP contribution is 2.24. The molecule has 29 heavy (non-hydrogen) atoms. The number of hydrogen-bond donors (Lipinski definition) is 1. The molecule has 0 bridgehead atoms. The van der Waals surface area contributed by atoms with Gasteiger partial charge in [-0.3, -0.25) is 14.2 Å². The number of aromatic nitrogens is 4. The Morgan fingerprint density at radius 1 is 1.14 bits per heavy atom. The molecule has 0 saturated heterocycles. The fourth-order valence-corrected chi connectivity index (χ4v) is 3.53. The average Bonchev–Trinajstić information content (AvgIpc) is 3.16. The molecule has 4 rings (SSSR count). The van der Waals surface area contributed by atoms with Crippen LogP contribution in [0, 0.1) is 6.92 Å². The molecule has 1 amide bonds. The van der Waals surface area contributed by atoms with E-state index in [4.69, 9.17) is 0 Å². The second kappa shape index (κ2) is 7.92. The van der Waals surface area contributed by atoms with Crippen LogP contribution in [0.3, 0.4) is 0 Å². The monoisotopic (exact) mass is 405 g/mol. The third-order valence-electron chi connectivity index (χ3n) is 4.50. The number of amides is 1. The van der Waals surface area contributed by atoms with Crippen molar-refractivity contribution in [2.24, 2.45) is 0 Å². The van der Waals surface area contributed by atoms with Gasteiger partial charge >= 0.3 is 0 Å². The van der Waals surface area contributed by atoms with Gasteiger partial charge in [-0.2, -0.15) is 0 Å². The Kier molecular flexibility index (Phi) is 5.18. The summed E-state index contributed by atoms with van der Waals surface area (Å²) in [4.78, 5) is 30.5. The van der Waals surface area contributed by atoms with Crippen molar-refractivity contribution in [1.82, 2.24) is 19.3 Å². The van der Waals surface area contributed by atoms with E-state index < -0.39 is 0 Å². The van der Waals surface area contributed by atoms with E-state index in [1.807, 2.05) is 61.7 Å². The van der Waals surface area contributed by atoms with Gasteiger partial charge in [-0.15, -0.1) is 16.9 Å². The lowest BCUT2D eigenvalue weighted by Crippen LogP contribution is -2.27. The molecular formula is C21H19N5O2S. The molecule has 1 N–H and O–H groups in total. The topological polar surface area (TPSA) is 81.8 Å². The van der Waals surface area contributed by atoms with Crippen LogP contribution in [0.4, 0.5) is 5.69 Å². The van der Waals surface area contributed by atoms with Crippen LogP contribution in [0.15, 0.2) is 70.7 Å². The summed E-state index contributed by atoms with van der Waals surface area (Å²) in [5.41, 5.74) is 2.74. The van der Waals surface area contributed by atoms with Gasteiger partial charge in [0.15, 0.2) is 5.65 Å². The first-order valence-corrected chi connectivity index (χ1v) is 10.2. The molecule has 146 valence electrons. The van der Waals surface area contributed by atoms with Gasteiger partial charge in [-0.1, -0.05) is 29.8 Å². The van der Waals surface area contributed by atoms with Gasteiger partial charge in [0.1, 0.15) is 18.3 Å². The van der Waals surface area contributed by atoms with Crippen molar-refractivity contribution < 1.29 is 4.79 Å². The number of nitrogens with one attached hydrogen (secondary N) is 1. The van der Waals surface area contributed by atoms with Crippen LogP contribution in [-0.4, -0.2) is 31.5 Å². The van der Waals surface area contributed by atoms with Crippen molar-refractivity contribution >= 4 is 34.4 Å². The second-order valence-electron chi connectivity index (χ2n) is 6.57. The van der Waals surface area contributed by atoms with Crippen LogP contribution in [-0.2, 0) is 11.3 Å². The molecule has 0 unspecified atom stereocenters. The first kappa shape index (κ1) is 18.9. The van der Waals surface area contributed by atoms with Gasteiger partial charge in [0.2, 0.25) is 5.91 Å². The average molecular weight is 405 g/mol. The molecule has 0 saturated carbocycles. The SMILES string of the molecule is CSc1ccccc1NC(=O)Cn1cnc2nn(-c3ccc(C)cc3)cc2c1=O. The van der Waals surface area contributed by atoms with E-state index in [1.54, 1.807) is 22.6 Å². The van der Waals surface area contributed by atoms with Gasteiger partial charge < -0.3 is 5.32 Å². The van der Waals surface area contributed by atoms with Gasteiger partial charge in [0.05, 0.1) is 11.4 Å². The maximum atomic E-state index is 12.8. The first-order valence-electron chi connectivity index (χ1n) is 9.00. The van der Waals surface area contributed by atoms with Crippen molar-refractivity contribution in [3.8, 4) is 5.69 Å². The molecule has 0 atom stereocenters. The van der Waals surface area contributed by atoms with E-state index in [-0.39, 0.29) is 18.0 Å². The van der Waals surface area contributed by atoms with Crippen molar-refractivity contribution in [3.05, 3.63) is 77.0 Å². The second-order valence-corrected chi connectivity index (χ2v) is 7.42. The van der Waals surface area contributed by atoms with E-state index in [2.05, 4.69) is 15.4 Å². The Hall–Kier alpha value is -3.39. The number of para-hydroxylation sites is 1. The lowest BCUT2D eigenvalue weighted by atomic mass is 10.2. The Bertz CT molecular complexity index is 1240. The van der Waals surface area contributed by atoms with Crippen LogP contribution in [0.25, 0.3) is 16.7 Å². The van der Waals surface area contributed by atoms with Gasteiger partial charge in [-0.25, -0.2) is 9.67 Å². The summed E-state index contributed by atoms with van der Waals surface area (Å²) in [6.07, 6.45) is 4.95. The van der Waals surface area contributed by atoms with E-state index in [1.165, 1.54) is 10.9 Å². The first-order chi connectivity index (χ1) is 14.0. The van der Waals surface area contributed by atoms with Crippen molar-refractivity contribution in [3.63, 3.8) is 0 Å². The van der Waals surface area contributed by atoms with Crippen LogP contribution < -0.4 is 10.9 Å². The highest BCUT2D eigenvalue weighted by atomic mass is 32.2. The minimum Gasteiger partial charge on any atom is -0.324 e. The molecule has 2 heterocycles. The molecule has 0 aliphatic rings. The number of benzene rings is 2. The van der Waals surface area contributed by atoms with Crippen LogP contribution in [0.1, 0.15) is 5.56 Å². The number of hydrogen-bond acceptors (Lipinski definition) is 5. The number of nitrogens with zero attached hydrogens (tertiary/aromatic N) is 4. The number of rotatable bonds is 5. The molecule has 0 radical (unpaired) electrons. The highest BCUT2D eigenvalue weighted by molar-refractivity contribution is 7.98. The molecule has 0 aliphatic heterocycles. The smallest absolute Gasteiger partial charge is 0.264 e. The lowest BCUT2D eigenvalue weighted by molar-refractivity contribution is -0.116. The molecule has 0 aliphatic carbocycles. The molecule has 0 spiro atoms. The van der Waals surface area contributed by atoms with E-state index in [9.17, 15) is 9.59 Å². The fraction of sp³-hybridized carbons (Fsp3) is 0.143. The van der Waals surface area contributed by atoms with Crippen molar-refractivity contribution in [2.45, 2.75) is 18.4 Å². The lowest BCUT2D eigenvalue weighted by Gasteiger charge is -2.10. The maximum absolute atomic E-state index is 12.8. The Morgan fingerprint density at radius 3 is 2.66 bits per heavy atom. The zero-order valence-corrected chi connectivity index (χ0v) is 16.8. The van der Waals surface area contributed by atoms with Gasteiger partial charge in [0, 0.05) is 11.1 Å². The summed E-state index contributed by atoms with van der Waals surface area (Å²) in [6.45, 7) is 1.88. The summed E-state index contributed by atoms with van der Waals surface area (Å²) in [5, 5.41) is 7.59. The van der Waals surface area contributed by atoms with E-state index >= 15 is 0 Å². The fourth-order valence-electron chi connectivity index (χ4n) is 2.98. The third kappa shape index (κ3) is 3.93. The molecule has 4 aromatic rings. The molecule has 2 aromatic carbocycles.